The Hall–Kier alpha value is -3.74. The maximum atomic E-state index is 13.7. The Morgan fingerprint density at radius 3 is 2.54 bits per heavy atom. The number of hydrogen-bond acceptors (Lipinski definition) is 8. The van der Waals surface area contributed by atoms with Gasteiger partial charge in [0.05, 0.1) is 42.1 Å². The summed E-state index contributed by atoms with van der Waals surface area (Å²) in [5, 5.41) is 26.9. The molecular formula is C30H37N7O2. The molecule has 9 nitrogen and oxygen atoms in total. The summed E-state index contributed by atoms with van der Waals surface area (Å²) in [6.45, 7) is 11.0. The minimum Gasteiger partial charge on any atom is -0.387 e. The van der Waals surface area contributed by atoms with Crippen molar-refractivity contribution in [2.24, 2.45) is 0 Å². The van der Waals surface area contributed by atoms with Crippen molar-refractivity contribution in [3.63, 3.8) is 0 Å². The highest BCUT2D eigenvalue weighted by Crippen LogP contribution is 2.33. The summed E-state index contributed by atoms with van der Waals surface area (Å²) in [6, 6.07) is 12.4. The number of rotatable bonds is 6. The molecule has 0 aliphatic carbocycles. The molecule has 2 aromatic carbocycles. The monoisotopic (exact) mass is 527 g/mol. The van der Waals surface area contributed by atoms with Gasteiger partial charge < -0.3 is 20.3 Å². The van der Waals surface area contributed by atoms with Crippen molar-refractivity contribution >= 4 is 28.2 Å². The van der Waals surface area contributed by atoms with E-state index in [1.54, 1.807) is 0 Å². The molecule has 1 aromatic heterocycles. The number of morpholine rings is 1. The predicted octanol–water partition coefficient (Wildman–Crippen LogP) is 4.27. The zero-order valence-electron chi connectivity index (χ0n) is 23.3. The van der Waals surface area contributed by atoms with Crippen LogP contribution in [0.4, 0.5) is 11.5 Å². The number of aryl methyl sites for hydroxylation is 1. The average molecular weight is 528 g/mol. The molecule has 3 heterocycles. The minimum atomic E-state index is -0.0920. The van der Waals surface area contributed by atoms with Crippen molar-refractivity contribution in [3.05, 3.63) is 58.3 Å². The normalized spacial score (nSPS) is 17.6. The fraction of sp³-hybridized carbons (Fsp3) is 0.467. The Morgan fingerprint density at radius 2 is 1.85 bits per heavy atom. The quantitative estimate of drug-likeness (QED) is 0.490. The third kappa shape index (κ3) is 5.40. The molecule has 3 aromatic rings. The molecule has 1 amide bonds. The van der Waals surface area contributed by atoms with E-state index < -0.39 is 0 Å². The number of likely N-dealkylation sites (tertiary alicyclic amines) is 1. The van der Waals surface area contributed by atoms with Gasteiger partial charge in [-0.3, -0.25) is 9.69 Å². The summed E-state index contributed by atoms with van der Waals surface area (Å²) < 4.78 is 5.51. The van der Waals surface area contributed by atoms with Crippen LogP contribution < -0.4 is 10.6 Å². The lowest BCUT2D eigenvalue weighted by atomic mass is 9.97. The van der Waals surface area contributed by atoms with Gasteiger partial charge in [0.15, 0.2) is 5.82 Å². The first-order valence-corrected chi connectivity index (χ1v) is 13.8. The lowest BCUT2D eigenvalue weighted by Gasteiger charge is -2.40. The standard InChI is InChI=1S/C30H37N7O2/c1-19-22(18-31)6-5-7-24(19)20(2)33-29-26-17-28(32-4)27(16-25(26)21(3)34-35-29)30(38)37-10-8-23(9-11-37)36-12-14-39-15-13-36/h5-7,16-17,20,23,32H,8-15H2,1-4H3,(H,33,35). The molecule has 1 atom stereocenters. The lowest BCUT2D eigenvalue weighted by molar-refractivity contribution is 0.00160. The maximum absolute atomic E-state index is 13.7. The molecular weight excluding hydrogens is 490 g/mol. The predicted molar refractivity (Wildman–Crippen MR) is 153 cm³/mol. The first-order chi connectivity index (χ1) is 18.9. The number of benzene rings is 2. The molecule has 204 valence electrons. The van der Waals surface area contributed by atoms with Crippen LogP contribution in [0.1, 0.15) is 58.5 Å². The second-order valence-electron chi connectivity index (χ2n) is 10.5. The zero-order chi connectivity index (χ0) is 27.5. The highest BCUT2D eigenvalue weighted by Gasteiger charge is 2.29. The molecule has 2 fully saturated rings. The number of fused-ring (bicyclic) bond motifs is 1. The van der Waals surface area contributed by atoms with Gasteiger partial charge in [0.2, 0.25) is 0 Å². The Morgan fingerprint density at radius 1 is 1.10 bits per heavy atom. The summed E-state index contributed by atoms with van der Waals surface area (Å²) >= 11 is 0. The molecule has 39 heavy (non-hydrogen) atoms. The van der Waals surface area contributed by atoms with Crippen LogP contribution in [-0.4, -0.2) is 78.4 Å². The van der Waals surface area contributed by atoms with E-state index in [-0.39, 0.29) is 11.9 Å². The Labute approximate surface area is 230 Å². The summed E-state index contributed by atoms with van der Waals surface area (Å²) in [4.78, 5) is 18.2. The van der Waals surface area contributed by atoms with E-state index in [1.807, 2.05) is 63.1 Å². The number of hydrogen-bond donors (Lipinski definition) is 2. The van der Waals surface area contributed by atoms with Gasteiger partial charge in [-0.1, -0.05) is 12.1 Å². The largest absolute Gasteiger partial charge is 0.387 e. The molecule has 1 unspecified atom stereocenters. The van der Waals surface area contributed by atoms with Crippen LogP contribution in [0.2, 0.25) is 0 Å². The molecule has 0 bridgehead atoms. The number of carbonyl (C=O) groups is 1. The molecule has 2 aliphatic rings. The van der Waals surface area contributed by atoms with E-state index in [2.05, 4.69) is 31.8 Å². The third-order valence-corrected chi connectivity index (χ3v) is 8.23. The highest BCUT2D eigenvalue weighted by molar-refractivity contribution is 6.06. The van der Waals surface area contributed by atoms with Crippen molar-refractivity contribution in [1.29, 1.82) is 5.26 Å². The number of nitriles is 1. The zero-order valence-corrected chi connectivity index (χ0v) is 23.3. The fourth-order valence-corrected chi connectivity index (χ4v) is 5.89. The van der Waals surface area contributed by atoms with Gasteiger partial charge in [0.25, 0.3) is 5.91 Å². The van der Waals surface area contributed by atoms with Gasteiger partial charge in [0, 0.05) is 55.7 Å². The number of ether oxygens (including phenoxy) is 1. The molecule has 2 aliphatic heterocycles. The second kappa shape index (κ2) is 11.6. The topological polar surface area (TPSA) is 106 Å². The maximum Gasteiger partial charge on any atom is 0.255 e. The summed E-state index contributed by atoms with van der Waals surface area (Å²) in [7, 11) is 1.84. The van der Waals surface area contributed by atoms with Crippen LogP contribution in [0, 0.1) is 25.2 Å². The van der Waals surface area contributed by atoms with Crippen molar-refractivity contribution < 1.29 is 9.53 Å². The molecule has 2 saturated heterocycles. The summed E-state index contributed by atoms with van der Waals surface area (Å²) in [5.41, 5.74) is 4.84. The third-order valence-electron chi connectivity index (χ3n) is 8.23. The number of anilines is 2. The number of amides is 1. The van der Waals surface area contributed by atoms with Crippen LogP contribution >= 0.6 is 0 Å². The van der Waals surface area contributed by atoms with Gasteiger partial charge in [-0.25, -0.2) is 0 Å². The van der Waals surface area contributed by atoms with Gasteiger partial charge in [-0.15, -0.1) is 5.10 Å². The van der Waals surface area contributed by atoms with Gasteiger partial charge in [0.1, 0.15) is 0 Å². The Kier molecular flexibility index (Phi) is 7.96. The number of carbonyl (C=O) groups excluding carboxylic acids is 1. The molecule has 9 heteroatoms. The molecule has 5 rings (SSSR count). The van der Waals surface area contributed by atoms with Crippen molar-refractivity contribution in [1.82, 2.24) is 20.0 Å². The molecule has 0 radical (unpaired) electrons. The average Bonchev–Trinajstić information content (AvgIpc) is 2.98. The number of nitrogens with one attached hydrogen (secondary N) is 2. The van der Waals surface area contributed by atoms with Crippen LogP contribution in [0.5, 0.6) is 0 Å². The summed E-state index contributed by atoms with van der Waals surface area (Å²) in [5.74, 6) is 0.691. The SMILES string of the molecule is CNc1cc2c(NC(C)c3cccc(C#N)c3C)nnc(C)c2cc1C(=O)N1CCC(N2CCOCC2)CC1. The van der Waals surface area contributed by atoms with Crippen LogP contribution in [0.3, 0.4) is 0 Å². The van der Waals surface area contributed by atoms with Crippen molar-refractivity contribution in [2.45, 2.75) is 45.7 Å². The fourth-order valence-electron chi connectivity index (χ4n) is 5.89. The number of nitrogens with zero attached hydrogens (tertiary/aromatic N) is 5. The lowest BCUT2D eigenvalue weighted by Crippen LogP contribution is -2.50. The van der Waals surface area contributed by atoms with Crippen molar-refractivity contribution in [2.75, 3.05) is 57.1 Å². The van der Waals surface area contributed by atoms with E-state index in [0.717, 1.165) is 85.5 Å². The van der Waals surface area contributed by atoms with Gasteiger partial charge >= 0.3 is 0 Å². The van der Waals surface area contributed by atoms with Gasteiger partial charge in [-0.2, -0.15) is 10.4 Å². The van der Waals surface area contributed by atoms with Crippen LogP contribution in [-0.2, 0) is 4.74 Å². The smallest absolute Gasteiger partial charge is 0.255 e. The van der Waals surface area contributed by atoms with Crippen LogP contribution in [0.15, 0.2) is 30.3 Å². The van der Waals surface area contributed by atoms with Gasteiger partial charge in [-0.05, 0) is 62.9 Å². The molecule has 2 N–H and O–H groups in total. The molecule has 0 spiro atoms. The van der Waals surface area contributed by atoms with E-state index in [4.69, 9.17) is 4.74 Å². The second-order valence-corrected chi connectivity index (χ2v) is 10.5. The van der Waals surface area contributed by atoms with E-state index in [1.165, 1.54) is 0 Å². The first-order valence-electron chi connectivity index (χ1n) is 13.8. The van der Waals surface area contributed by atoms with Crippen molar-refractivity contribution in [3.8, 4) is 6.07 Å². The first kappa shape index (κ1) is 26.9. The molecule has 0 saturated carbocycles. The van der Waals surface area contributed by atoms with E-state index in [0.29, 0.717) is 23.0 Å². The number of aromatic nitrogens is 2. The Bertz CT molecular complexity index is 1400. The highest BCUT2D eigenvalue weighted by atomic mass is 16.5. The summed E-state index contributed by atoms with van der Waals surface area (Å²) in [6.07, 6.45) is 1.97. The van der Waals surface area contributed by atoms with E-state index in [9.17, 15) is 10.1 Å². The van der Waals surface area contributed by atoms with Crippen LogP contribution in [0.25, 0.3) is 10.8 Å². The minimum absolute atomic E-state index is 0.0460. The Balaban J connectivity index is 1.40. The van der Waals surface area contributed by atoms with E-state index >= 15 is 0 Å². The number of piperidine rings is 1.